The second-order valence-electron chi connectivity index (χ2n) is 7.27. The number of imidazole rings is 1. The van der Waals surface area contributed by atoms with Crippen LogP contribution in [0.3, 0.4) is 0 Å². The number of hydrogen-bond acceptors (Lipinski definition) is 4. The van der Waals surface area contributed by atoms with Crippen molar-refractivity contribution < 1.29 is 14.3 Å². The number of aromatic nitrogens is 2. The van der Waals surface area contributed by atoms with E-state index in [9.17, 15) is 4.79 Å². The third-order valence-corrected chi connectivity index (χ3v) is 5.29. The first-order chi connectivity index (χ1) is 14.7. The largest absolute Gasteiger partial charge is 0.495 e. The number of aryl methyl sites for hydroxylation is 1. The lowest BCUT2D eigenvalue weighted by Crippen LogP contribution is -2.25. The zero-order chi connectivity index (χ0) is 20.9. The Kier molecular flexibility index (Phi) is 5.95. The van der Waals surface area contributed by atoms with E-state index in [1.165, 1.54) is 11.1 Å². The number of rotatable bonds is 7. The first kappa shape index (κ1) is 19.9. The van der Waals surface area contributed by atoms with Crippen molar-refractivity contribution in [3.05, 3.63) is 83.4 Å². The van der Waals surface area contributed by atoms with Crippen LogP contribution in [0, 0.1) is 0 Å². The molecule has 0 aliphatic heterocycles. The molecule has 0 saturated carbocycles. The van der Waals surface area contributed by atoms with Gasteiger partial charge in [0.15, 0.2) is 0 Å². The summed E-state index contributed by atoms with van der Waals surface area (Å²) >= 11 is 0. The van der Waals surface area contributed by atoms with Gasteiger partial charge in [-0.2, -0.15) is 0 Å². The number of benzene rings is 2. The van der Waals surface area contributed by atoms with Gasteiger partial charge < -0.3 is 19.4 Å². The van der Waals surface area contributed by atoms with Gasteiger partial charge in [0.05, 0.1) is 37.5 Å². The normalized spacial score (nSPS) is 15.3. The first-order valence-corrected chi connectivity index (χ1v) is 9.94. The minimum absolute atomic E-state index is 0.0813. The molecule has 0 spiro atoms. The second-order valence-corrected chi connectivity index (χ2v) is 7.27. The van der Waals surface area contributed by atoms with Crippen LogP contribution in [0.4, 0.5) is 0 Å². The molecule has 1 aromatic heterocycles. The van der Waals surface area contributed by atoms with Crippen molar-refractivity contribution in [3.8, 4) is 11.4 Å². The van der Waals surface area contributed by atoms with Gasteiger partial charge in [0.1, 0.15) is 5.75 Å². The molecule has 0 saturated heterocycles. The molecule has 1 unspecified atom stereocenters. The minimum atomic E-state index is -0.0986. The highest BCUT2D eigenvalue weighted by Crippen LogP contribution is 2.30. The predicted octanol–water partition coefficient (Wildman–Crippen LogP) is 3.84. The van der Waals surface area contributed by atoms with Crippen LogP contribution in [-0.4, -0.2) is 29.7 Å². The fourth-order valence-electron chi connectivity index (χ4n) is 3.83. The SMILES string of the molecule is COCc1cn(-c2ccc(/C=C/C(=O)NC3CCc4ccccc43)cc2OC)cn1. The molecule has 1 aliphatic carbocycles. The van der Waals surface area contributed by atoms with Gasteiger partial charge in [0, 0.05) is 19.4 Å². The zero-order valence-electron chi connectivity index (χ0n) is 17.2. The predicted molar refractivity (Wildman–Crippen MR) is 116 cm³/mol. The summed E-state index contributed by atoms with van der Waals surface area (Å²) < 4.78 is 12.6. The lowest BCUT2D eigenvalue weighted by molar-refractivity contribution is -0.117. The van der Waals surface area contributed by atoms with Crippen molar-refractivity contribution in [2.24, 2.45) is 0 Å². The Labute approximate surface area is 176 Å². The third-order valence-electron chi connectivity index (χ3n) is 5.29. The second kappa shape index (κ2) is 8.97. The highest BCUT2D eigenvalue weighted by Gasteiger charge is 2.22. The van der Waals surface area contributed by atoms with Crippen LogP contribution in [0.15, 0.2) is 61.1 Å². The molecule has 154 valence electrons. The van der Waals surface area contributed by atoms with E-state index < -0.39 is 0 Å². The molecule has 0 radical (unpaired) electrons. The molecule has 3 aromatic rings. The topological polar surface area (TPSA) is 65.4 Å². The van der Waals surface area contributed by atoms with E-state index in [0.717, 1.165) is 29.8 Å². The summed E-state index contributed by atoms with van der Waals surface area (Å²) in [4.78, 5) is 16.8. The van der Waals surface area contributed by atoms with Crippen molar-refractivity contribution in [2.75, 3.05) is 14.2 Å². The molecule has 1 amide bonds. The van der Waals surface area contributed by atoms with E-state index in [1.807, 2.05) is 41.1 Å². The number of carbonyl (C=O) groups excluding carboxylic acids is 1. The Morgan fingerprint density at radius 3 is 2.97 bits per heavy atom. The van der Waals surface area contributed by atoms with Gasteiger partial charge in [-0.3, -0.25) is 4.79 Å². The molecule has 2 aromatic carbocycles. The Morgan fingerprint density at radius 1 is 1.27 bits per heavy atom. The summed E-state index contributed by atoms with van der Waals surface area (Å²) in [6.07, 6.45) is 8.95. The van der Waals surface area contributed by atoms with Crippen molar-refractivity contribution in [3.63, 3.8) is 0 Å². The summed E-state index contributed by atoms with van der Waals surface area (Å²) in [6, 6.07) is 14.2. The molecular formula is C24H25N3O3. The molecule has 6 heteroatoms. The molecule has 1 aliphatic rings. The molecule has 1 heterocycles. The summed E-state index contributed by atoms with van der Waals surface area (Å²) in [5, 5.41) is 3.10. The lowest BCUT2D eigenvalue weighted by Gasteiger charge is -2.12. The number of nitrogens with one attached hydrogen (secondary N) is 1. The van der Waals surface area contributed by atoms with Crippen molar-refractivity contribution in [2.45, 2.75) is 25.5 Å². The van der Waals surface area contributed by atoms with Crippen LogP contribution in [0.1, 0.15) is 34.8 Å². The van der Waals surface area contributed by atoms with Crippen LogP contribution in [0.25, 0.3) is 11.8 Å². The molecule has 4 rings (SSSR count). The van der Waals surface area contributed by atoms with E-state index in [2.05, 4.69) is 22.4 Å². The van der Waals surface area contributed by atoms with Crippen LogP contribution in [-0.2, 0) is 22.6 Å². The van der Waals surface area contributed by atoms with Crippen molar-refractivity contribution in [1.82, 2.24) is 14.9 Å². The Bertz CT molecular complexity index is 1070. The van der Waals surface area contributed by atoms with Gasteiger partial charge in [-0.15, -0.1) is 0 Å². The monoisotopic (exact) mass is 403 g/mol. The highest BCUT2D eigenvalue weighted by molar-refractivity contribution is 5.92. The van der Waals surface area contributed by atoms with E-state index in [4.69, 9.17) is 9.47 Å². The van der Waals surface area contributed by atoms with E-state index >= 15 is 0 Å². The summed E-state index contributed by atoms with van der Waals surface area (Å²) in [6.45, 7) is 0.455. The fraction of sp³-hybridized carbons (Fsp3) is 0.250. The number of carbonyl (C=O) groups is 1. The maximum Gasteiger partial charge on any atom is 0.244 e. The summed E-state index contributed by atoms with van der Waals surface area (Å²) in [7, 11) is 3.27. The van der Waals surface area contributed by atoms with Crippen molar-refractivity contribution >= 4 is 12.0 Å². The molecular weight excluding hydrogens is 378 g/mol. The van der Waals surface area contributed by atoms with E-state index in [-0.39, 0.29) is 11.9 Å². The smallest absolute Gasteiger partial charge is 0.244 e. The number of hydrogen-bond donors (Lipinski definition) is 1. The average Bonchev–Trinajstić information content (AvgIpc) is 3.40. The maximum absolute atomic E-state index is 12.4. The molecule has 0 bridgehead atoms. The first-order valence-electron chi connectivity index (χ1n) is 9.94. The molecule has 1 N–H and O–H groups in total. The molecule has 6 nitrogen and oxygen atoms in total. The summed E-state index contributed by atoms with van der Waals surface area (Å²) in [5.74, 6) is 0.599. The number of methoxy groups -OCH3 is 2. The quantitative estimate of drug-likeness (QED) is 0.609. The maximum atomic E-state index is 12.4. The van der Waals surface area contributed by atoms with Gasteiger partial charge in [0.25, 0.3) is 0 Å². The summed E-state index contributed by atoms with van der Waals surface area (Å²) in [5.41, 5.74) is 5.14. The zero-order valence-corrected chi connectivity index (χ0v) is 17.2. The number of ether oxygens (including phenoxy) is 2. The third kappa shape index (κ3) is 4.28. The standard InChI is InChI=1S/C24H25N3O3/c1-29-15-19-14-27(16-25-19)22-11-7-17(13-23(22)30-2)8-12-24(28)26-21-10-9-18-5-3-4-6-20(18)21/h3-8,11-14,16,21H,9-10,15H2,1-2H3,(H,26,28)/b12-8+. The Balaban J connectivity index is 1.45. The van der Waals surface area contributed by atoms with Crippen molar-refractivity contribution in [1.29, 1.82) is 0 Å². The van der Waals surface area contributed by atoms with Gasteiger partial charge in [-0.25, -0.2) is 4.98 Å². The van der Waals surface area contributed by atoms with Crippen LogP contribution in [0.2, 0.25) is 0 Å². The molecule has 30 heavy (non-hydrogen) atoms. The fourth-order valence-corrected chi connectivity index (χ4v) is 3.83. The Morgan fingerprint density at radius 2 is 2.13 bits per heavy atom. The van der Waals surface area contributed by atoms with Gasteiger partial charge in [-0.1, -0.05) is 30.3 Å². The molecule has 0 fully saturated rings. The van der Waals surface area contributed by atoms with E-state index in [0.29, 0.717) is 12.4 Å². The van der Waals surface area contributed by atoms with Gasteiger partial charge >= 0.3 is 0 Å². The van der Waals surface area contributed by atoms with Crippen LogP contribution >= 0.6 is 0 Å². The van der Waals surface area contributed by atoms with Gasteiger partial charge in [-0.05, 0) is 47.7 Å². The number of fused-ring (bicyclic) bond motifs is 1. The average molecular weight is 403 g/mol. The highest BCUT2D eigenvalue weighted by atomic mass is 16.5. The number of amides is 1. The lowest BCUT2D eigenvalue weighted by atomic mass is 10.1. The van der Waals surface area contributed by atoms with Crippen LogP contribution in [0.5, 0.6) is 5.75 Å². The molecule has 1 atom stereocenters. The minimum Gasteiger partial charge on any atom is -0.495 e. The number of nitrogens with zero attached hydrogens (tertiary/aromatic N) is 2. The Hall–Kier alpha value is -3.38. The van der Waals surface area contributed by atoms with Crippen LogP contribution < -0.4 is 10.1 Å². The van der Waals surface area contributed by atoms with E-state index in [1.54, 1.807) is 32.7 Å². The van der Waals surface area contributed by atoms with Gasteiger partial charge in [0.2, 0.25) is 5.91 Å².